The molecule has 5 rings (SSSR count). The van der Waals surface area contributed by atoms with Gasteiger partial charge in [-0.15, -0.1) is 0 Å². The van der Waals surface area contributed by atoms with E-state index in [0.29, 0.717) is 37.6 Å². The van der Waals surface area contributed by atoms with Gasteiger partial charge in [0.05, 0.1) is 25.5 Å². The third-order valence-electron chi connectivity index (χ3n) is 5.56. The van der Waals surface area contributed by atoms with Crippen molar-refractivity contribution in [3.8, 4) is 0 Å². The minimum absolute atomic E-state index is 0.0443. The molecule has 0 aromatic heterocycles. The van der Waals surface area contributed by atoms with Gasteiger partial charge in [-0.25, -0.2) is 0 Å². The number of benzene rings is 2. The van der Waals surface area contributed by atoms with Crippen molar-refractivity contribution >= 4 is 11.9 Å². The smallest absolute Gasteiger partial charge is 0.259 e. The van der Waals surface area contributed by atoms with E-state index in [9.17, 15) is 4.79 Å². The number of fused-ring (bicyclic) bond motifs is 2. The molecule has 0 atom stereocenters. The molecule has 0 fully saturated rings. The van der Waals surface area contributed by atoms with E-state index in [0.717, 1.165) is 16.8 Å². The Morgan fingerprint density at radius 1 is 1.17 bits per heavy atom. The fourth-order valence-corrected chi connectivity index (χ4v) is 4.08. The minimum atomic E-state index is -2.38. The molecule has 0 aliphatic carbocycles. The fraction of sp³-hybridized carbons (Fsp3) is 0.333. The number of rotatable bonds is 4. The quantitative estimate of drug-likeness (QED) is 0.801. The van der Waals surface area contributed by atoms with Crippen LogP contribution in [0, 0.1) is 6.92 Å². The lowest BCUT2D eigenvalue weighted by atomic mass is 9.99. The number of amides is 1. The minimum Gasteiger partial charge on any atom is -0.314 e. The van der Waals surface area contributed by atoms with Gasteiger partial charge in [-0.3, -0.25) is 19.6 Å². The summed E-state index contributed by atoms with van der Waals surface area (Å²) in [6.45, 7) is 1.33. The zero-order valence-corrected chi connectivity index (χ0v) is 16.2. The van der Waals surface area contributed by atoms with Crippen molar-refractivity contribution in [3.63, 3.8) is 0 Å². The molecular formula is C24H26N4O. The predicted octanol–water partition coefficient (Wildman–Crippen LogP) is 3.17. The molecule has 3 heterocycles. The standard InChI is InChI=1S/C24H26N4O/c1-18-7-5-6-10-20(18)16-28-23(29)21-17-26(15-19-8-3-2-4-9-19)13-11-22(21)27-14-12-25-24(27)28/h2-10H,11-17H2,1H3/i2D,3D,4D,8D,9D,15D2. The van der Waals surface area contributed by atoms with Gasteiger partial charge in [0.2, 0.25) is 5.96 Å². The monoisotopic (exact) mass is 393 g/mol. The van der Waals surface area contributed by atoms with Crippen molar-refractivity contribution in [2.24, 2.45) is 4.99 Å². The van der Waals surface area contributed by atoms with Gasteiger partial charge in [0, 0.05) is 41.0 Å². The molecule has 0 saturated heterocycles. The van der Waals surface area contributed by atoms with Crippen molar-refractivity contribution < 1.29 is 14.4 Å². The molecule has 5 heteroatoms. The molecule has 0 N–H and O–H groups in total. The summed E-state index contributed by atoms with van der Waals surface area (Å²) >= 11 is 0. The van der Waals surface area contributed by atoms with Crippen LogP contribution in [0.2, 0.25) is 0 Å². The van der Waals surface area contributed by atoms with E-state index in [1.54, 1.807) is 4.90 Å². The maximum Gasteiger partial charge on any atom is 0.259 e. The van der Waals surface area contributed by atoms with Gasteiger partial charge < -0.3 is 4.90 Å². The highest BCUT2D eigenvalue weighted by molar-refractivity contribution is 6.09. The summed E-state index contributed by atoms with van der Waals surface area (Å²) in [6, 6.07) is 4.95. The van der Waals surface area contributed by atoms with Crippen LogP contribution in [0.25, 0.3) is 0 Å². The van der Waals surface area contributed by atoms with Crippen LogP contribution in [-0.4, -0.2) is 52.7 Å². The van der Waals surface area contributed by atoms with Crippen LogP contribution < -0.4 is 0 Å². The van der Waals surface area contributed by atoms with Crippen molar-refractivity contribution in [3.05, 3.63) is 82.4 Å². The molecular weight excluding hydrogens is 360 g/mol. The van der Waals surface area contributed by atoms with E-state index in [2.05, 4.69) is 4.99 Å². The number of nitrogens with zero attached hydrogens (tertiary/aromatic N) is 4. The highest BCUT2D eigenvalue weighted by atomic mass is 16.2. The molecule has 3 aliphatic rings. The van der Waals surface area contributed by atoms with Gasteiger partial charge in [-0.05, 0) is 23.6 Å². The normalized spacial score (nSPS) is 23.3. The second-order valence-corrected chi connectivity index (χ2v) is 7.36. The van der Waals surface area contributed by atoms with E-state index < -0.39 is 42.3 Å². The molecule has 5 nitrogen and oxygen atoms in total. The Bertz CT molecular complexity index is 1310. The SMILES string of the molecule is [2H]c1c([2H])c([2H])c(C([2H])([2H])N2CCC3=C(C2)C(=O)N(Cc2ccccc2C)C2=NCCN23)c([2H])c1[2H]. The third-order valence-corrected chi connectivity index (χ3v) is 5.56. The summed E-state index contributed by atoms with van der Waals surface area (Å²) in [6.07, 6.45) is 0.385. The van der Waals surface area contributed by atoms with Gasteiger partial charge in [-0.2, -0.15) is 0 Å². The predicted molar refractivity (Wildman–Crippen MR) is 114 cm³/mol. The highest BCUT2D eigenvalue weighted by Crippen LogP contribution is 2.32. The summed E-state index contributed by atoms with van der Waals surface area (Å²) < 4.78 is 57.9. The van der Waals surface area contributed by atoms with Crippen LogP contribution >= 0.6 is 0 Å². The van der Waals surface area contributed by atoms with Crippen molar-refractivity contribution in [1.82, 2.24) is 14.7 Å². The van der Waals surface area contributed by atoms with Crippen LogP contribution in [-0.2, 0) is 17.8 Å². The van der Waals surface area contributed by atoms with Crippen LogP contribution in [0.3, 0.4) is 0 Å². The summed E-state index contributed by atoms with van der Waals surface area (Å²) in [5.41, 5.74) is 2.91. The van der Waals surface area contributed by atoms with E-state index in [-0.39, 0.29) is 19.0 Å². The van der Waals surface area contributed by atoms with Crippen LogP contribution in [0.4, 0.5) is 0 Å². The molecule has 1 amide bonds. The molecule has 3 aliphatic heterocycles. The number of aliphatic imine (C=N–C) groups is 1. The molecule has 0 unspecified atom stereocenters. The van der Waals surface area contributed by atoms with Crippen molar-refractivity contribution in [1.29, 1.82) is 0 Å². The second kappa shape index (κ2) is 7.48. The van der Waals surface area contributed by atoms with E-state index >= 15 is 0 Å². The number of guanidine groups is 1. The van der Waals surface area contributed by atoms with E-state index in [1.807, 2.05) is 36.1 Å². The Morgan fingerprint density at radius 3 is 2.83 bits per heavy atom. The highest BCUT2D eigenvalue weighted by Gasteiger charge is 2.40. The Labute approximate surface area is 181 Å². The lowest BCUT2D eigenvalue weighted by molar-refractivity contribution is -0.125. The maximum absolute atomic E-state index is 13.8. The maximum atomic E-state index is 13.8. The van der Waals surface area contributed by atoms with Crippen LogP contribution in [0.5, 0.6) is 0 Å². The molecule has 2 aromatic carbocycles. The molecule has 148 valence electrons. The summed E-state index contributed by atoms with van der Waals surface area (Å²) in [5.74, 6) is 0.371. The molecule has 0 bridgehead atoms. The molecule has 0 saturated carbocycles. The van der Waals surface area contributed by atoms with E-state index in [1.165, 1.54) is 4.90 Å². The molecule has 29 heavy (non-hydrogen) atoms. The number of carbonyl (C=O) groups is 1. The average Bonchev–Trinajstić information content (AvgIpc) is 3.35. The van der Waals surface area contributed by atoms with Crippen molar-refractivity contribution in [2.45, 2.75) is 26.4 Å². The first-order chi connectivity index (χ1) is 17.0. The topological polar surface area (TPSA) is 39.2 Å². The van der Waals surface area contributed by atoms with Gasteiger partial charge >= 0.3 is 0 Å². The first kappa shape index (κ1) is 11.9. The first-order valence-corrected chi connectivity index (χ1v) is 9.76. The summed E-state index contributed by atoms with van der Waals surface area (Å²) in [7, 11) is 0. The average molecular weight is 394 g/mol. The number of aryl methyl sites for hydroxylation is 1. The van der Waals surface area contributed by atoms with Gasteiger partial charge in [0.1, 0.15) is 0 Å². The second-order valence-electron chi connectivity index (χ2n) is 7.36. The number of carbonyl (C=O) groups excluding carboxylic acids is 1. The number of hydrogen-bond donors (Lipinski definition) is 0. The lowest BCUT2D eigenvalue weighted by Gasteiger charge is -2.42. The van der Waals surface area contributed by atoms with Gasteiger partial charge in [0.15, 0.2) is 0 Å². The van der Waals surface area contributed by atoms with E-state index in [4.69, 9.17) is 9.60 Å². The zero-order valence-electron chi connectivity index (χ0n) is 23.2. The first-order valence-electron chi connectivity index (χ1n) is 13.3. The molecule has 2 aromatic rings. The Balaban J connectivity index is 1.51. The third kappa shape index (κ3) is 3.36. The number of hydrogen-bond acceptors (Lipinski definition) is 4. The van der Waals surface area contributed by atoms with Crippen LogP contribution in [0.1, 0.15) is 32.7 Å². The zero-order chi connectivity index (χ0) is 25.9. The summed E-state index contributed by atoms with van der Waals surface area (Å²) in [5, 5.41) is 0. The fourth-order valence-electron chi connectivity index (χ4n) is 4.08. The molecule has 0 spiro atoms. The van der Waals surface area contributed by atoms with Crippen molar-refractivity contribution in [2.75, 3.05) is 26.2 Å². The van der Waals surface area contributed by atoms with Gasteiger partial charge in [-0.1, -0.05) is 54.5 Å². The lowest BCUT2D eigenvalue weighted by Crippen LogP contribution is -2.53. The summed E-state index contributed by atoms with van der Waals surface area (Å²) in [4.78, 5) is 23.4. The Morgan fingerprint density at radius 2 is 2.00 bits per heavy atom. The van der Waals surface area contributed by atoms with Gasteiger partial charge in [0.25, 0.3) is 5.91 Å². The van der Waals surface area contributed by atoms with Crippen LogP contribution in [0.15, 0.2) is 70.7 Å². The largest absolute Gasteiger partial charge is 0.314 e. The Kier molecular flexibility index (Phi) is 3.08. The Hall–Kier alpha value is -2.92. The molecule has 0 radical (unpaired) electrons.